The average molecular weight is 286 g/mol. The molecule has 0 saturated carbocycles. The highest BCUT2D eigenvalue weighted by Gasteiger charge is 2.24. The smallest absolute Gasteiger partial charge is 0.123 e. The number of nitrogens with one attached hydrogen (secondary N) is 1. The minimum Gasteiger partial charge on any atom is -0.314 e. The van der Waals surface area contributed by atoms with Gasteiger partial charge in [0.1, 0.15) is 5.01 Å². The Morgan fingerprint density at radius 1 is 1.30 bits per heavy atom. The zero-order valence-corrected chi connectivity index (χ0v) is 13.0. The fourth-order valence-corrected chi connectivity index (χ4v) is 3.98. The monoisotopic (exact) mass is 286 g/mol. The number of hydrogen-bond acceptors (Lipinski definition) is 3. The molecule has 2 nitrogen and oxygen atoms in total. The van der Waals surface area contributed by atoms with E-state index in [1.165, 1.54) is 40.4 Å². The van der Waals surface area contributed by atoms with Crippen LogP contribution in [0.4, 0.5) is 0 Å². The number of rotatable bonds is 4. The van der Waals surface area contributed by atoms with Gasteiger partial charge in [0.15, 0.2) is 0 Å². The van der Waals surface area contributed by atoms with E-state index in [2.05, 4.69) is 49.5 Å². The molecular formula is C17H22N2S. The van der Waals surface area contributed by atoms with Crippen LogP contribution < -0.4 is 5.32 Å². The van der Waals surface area contributed by atoms with Gasteiger partial charge in [0.25, 0.3) is 0 Å². The lowest BCUT2D eigenvalue weighted by Gasteiger charge is -2.22. The van der Waals surface area contributed by atoms with Crippen molar-refractivity contribution in [3.63, 3.8) is 0 Å². The van der Waals surface area contributed by atoms with Gasteiger partial charge in [0.2, 0.25) is 0 Å². The highest BCUT2D eigenvalue weighted by Crippen LogP contribution is 2.37. The van der Waals surface area contributed by atoms with Crippen molar-refractivity contribution in [1.82, 2.24) is 10.3 Å². The summed E-state index contributed by atoms with van der Waals surface area (Å²) in [6.45, 7) is 5.48. The molecule has 1 unspecified atom stereocenters. The van der Waals surface area contributed by atoms with Crippen LogP contribution in [0.5, 0.6) is 0 Å². The Labute approximate surface area is 125 Å². The molecule has 1 aromatic heterocycles. The number of aryl methyl sites for hydroxylation is 1. The molecule has 1 atom stereocenters. The van der Waals surface area contributed by atoms with Gasteiger partial charge in [0, 0.05) is 28.9 Å². The average Bonchev–Trinajstić information content (AvgIpc) is 2.90. The van der Waals surface area contributed by atoms with E-state index in [0.717, 1.165) is 6.54 Å². The van der Waals surface area contributed by atoms with Crippen LogP contribution in [-0.4, -0.2) is 17.6 Å². The molecule has 1 heterocycles. The molecule has 106 valence electrons. The molecule has 1 N–H and O–H groups in total. The quantitative estimate of drug-likeness (QED) is 0.910. The van der Waals surface area contributed by atoms with Gasteiger partial charge in [-0.15, -0.1) is 11.3 Å². The maximum atomic E-state index is 4.96. The van der Waals surface area contributed by atoms with Crippen molar-refractivity contribution in [3.8, 4) is 10.6 Å². The van der Waals surface area contributed by atoms with Gasteiger partial charge in [-0.05, 0) is 19.3 Å². The molecule has 1 aromatic carbocycles. The second kappa shape index (κ2) is 6.06. The summed E-state index contributed by atoms with van der Waals surface area (Å²) in [6, 6.07) is 11.1. The maximum absolute atomic E-state index is 4.96. The van der Waals surface area contributed by atoms with Gasteiger partial charge in [0.05, 0.1) is 5.69 Å². The maximum Gasteiger partial charge on any atom is 0.123 e. The van der Waals surface area contributed by atoms with Gasteiger partial charge in [-0.1, -0.05) is 44.2 Å². The van der Waals surface area contributed by atoms with E-state index in [1.54, 1.807) is 0 Å². The third kappa shape index (κ3) is 2.94. The predicted octanol–water partition coefficient (Wildman–Crippen LogP) is 4.23. The first-order valence-electron chi connectivity index (χ1n) is 7.52. The van der Waals surface area contributed by atoms with E-state index in [1.807, 2.05) is 11.3 Å². The zero-order chi connectivity index (χ0) is 13.9. The molecule has 1 aliphatic carbocycles. The summed E-state index contributed by atoms with van der Waals surface area (Å²) in [5.74, 6) is 0.592. The number of benzene rings is 1. The molecule has 3 rings (SSSR count). The van der Waals surface area contributed by atoms with Crippen LogP contribution in [0.2, 0.25) is 0 Å². The molecule has 3 heteroatoms. The van der Waals surface area contributed by atoms with Gasteiger partial charge < -0.3 is 5.32 Å². The molecule has 0 radical (unpaired) electrons. The number of hydrogen-bond donors (Lipinski definition) is 1. The first-order chi connectivity index (χ1) is 9.74. The van der Waals surface area contributed by atoms with Crippen LogP contribution >= 0.6 is 11.3 Å². The number of nitrogens with zero attached hydrogens (tertiary/aromatic N) is 1. The molecule has 0 amide bonds. The largest absolute Gasteiger partial charge is 0.314 e. The molecule has 0 bridgehead atoms. The van der Waals surface area contributed by atoms with Crippen LogP contribution in [-0.2, 0) is 6.42 Å². The minimum absolute atomic E-state index is 0.549. The van der Waals surface area contributed by atoms with Gasteiger partial charge in [-0.3, -0.25) is 0 Å². The van der Waals surface area contributed by atoms with Crippen molar-refractivity contribution in [3.05, 3.63) is 40.9 Å². The SMILES string of the molecule is CC(C)NCC1CCCc2sc(-c3ccccc3)nc21. The molecule has 0 saturated heterocycles. The standard InChI is InChI=1S/C17H22N2S/c1-12(2)18-11-14-9-6-10-15-16(14)19-17(20-15)13-7-4-3-5-8-13/h3-5,7-8,12,14,18H,6,9-11H2,1-2H3. The second-order valence-electron chi connectivity index (χ2n) is 5.85. The Hall–Kier alpha value is -1.19. The highest BCUT2D eigenvalue weighted by atomic mass is 32.1. The molecule has 20 heavy (non-hydrogen) atoms. The summed E-state index contributed by atoms with van der Waals surface area (Å²) < 4.78 is 0. The summed E-state index contributed by atoms with van der Waals surface area (Å²) in [6.07, 6.45) is 3.77. The van der Waals surface area contributed by atoms with Crippen molar-refractivity contribution < 1.29 is 0 Å². The lowest BCUT2D eigenvalue weighted by atomic mass is 9.91. The first kappa shape index (κ1) is 13.8. The molecule has 0 fully saturated rings. The van der Waals surface area contributed by atoms with E-state index in [0.29, 0.717) is 12.0 Å². The summed E-state index contributed by atoms with van der Waals surface area (Å²) in [5, 5.41) is 4.76. The molecule has 2 aromatic rings. The van der Waals surface area contributed by atoms with Gasteiger partial charge in [-0.2, -0.15) is 0 Å². The van der Waals surface area contributed by atoms with Crippen LogP contribution in [0.15, 0.2) is 30.3 Å². The summed E-state index contributed by atoms with van der Waals surface area (Å²) in [7, 11) is 0. The van der Waals surface area contributed by atoms with Crippen molar-refractivity contribution in [1.29, 1.82) is 0 Å². The highest BCUT2D eigenvalue weighted by molar-refractivity contribution is 7.15. The number of thiazole rings is 1. The zero-order valence-electron chi connectivity index (χ0n) is 12.2. The number of aromatic nitrogens is 1. The van der Waals surface area contributed by atoms with Crippen LogP contribution in [0.1, 0.15) is 43.2 Å². The number of fused-ring (bicyclic) bond motifs is 1. The molecule has 0 aliphatic heterocycles. The first-order valence-corrected chi connectivity index (χ1v) is 8.34. The van der Waals surface area contributed by atoms with Crippen LogP contribution in [0.25, 0.3) is 10.6 Å². The Balaban J connectivity index is 1.85. The Bertz CT molecular complexity index is 560. The molecular weight excluding hydrogens is 264 g/mol. The molecule has 0 spiro atoms. The van der Waals surface area contributed by atoms with E-state index >= 15 is 0 Å². The van der Waals surface area contributed by atoms with Crippen molar-refractivity contribution in [2.24, 2.45) is 0 Å². The van der Waals surface area contributed by atoms with Gasteiger partial charge in [-0.25, -0.2) is 4.98 Å². The van der Waals surface area contributed by atoms with E-state index < -0.39 is 0 Å². The minimum atomic E-state index is 0.549. The Kier molecular flexibility index (Phi) is 4.18. The third-order valence-corrected chi connectivity index (χ3v) is 5.04. The predicted molar refractivity (Wildman–Crippen MR) is 86.4 cm³/mol. The fraction of sp³-hybridized carbons (Fsp3) is 0.471. The van der Waals surface area contributed by atoms with Gasteiger partial charge >= 0.3 is 0 Å². The van der Waals surface area contributed by atoms with E-state index in [-0.39, 0.29) is 0 Å². The third-order valence-electron chi connectivity index (χ3n) is 3.86. The lowest BCUT2D eigenvalue weighted by molar-refractivity contribution is 0.475. The summed E-state index contributed by atoms with van der Waals surface area (Å²) in [5.41, 5.74) is 2.61. The normalized spacial score (nSPS) is 18.2. The van der Waals surface area contributed by atoms with Crippen molar-refractivity contribution in [2.75, 3.05) is 6.54 Å². The van der Waals surface area contributed by atoms with Crippen molar-refractivity contribution in [2.45, 2.75) is 45.1 Å². The van der Waals surface area contributed by atoms with Crippen molar-refractivity contribution >= 4 is 11.3 Å². The lowest BCUT2D eigenvalue weighted by Crippen LogP contribution is -2.29. The topological polar surface area (TPSA) is 24.9 Å². The summed E-state index contributed by atoms with van der Waals surface area (Å²) in [4.78, 5) is 6.46. The molecule has 1 aliphatic rings. The van der Waals surface area contributed by atoms with E-state index in [4.69, 9.17) is 4.98 Å². The Morgan fingerprint density at radius 2 is 2.10 bits per heavy atom. The van der Waals surface area contributed by atoms with E-state index in [9.17, 15) is 0 Å². The van der Waals surface area contributed by atoms with Crippen LogP contribution in [0, 0.1) is 0 Å². The fourth-order valence-electron chi connectivity index (χ4n) is 2.79. The summed E-state index contributed by atoms with van der Waals surface area (Å²) >= 11 is 1.89. The Morgan fingerprint density at radius 3 is 2.85 bits per heavy atom. The van der Waals surface area contributed by atoms with Crippen LogP contribution in [0.3, 0.4) is 0 Å². The second-order valence-corrected chi connectivity index (χ2v) is 6.93.